The lowest BCUT2D eigenvalue weighted by atomic mass is 9.93. The van der Waals surface area contributed by atoms with Gasteiger partial charge in [0.15, 0.2) is 11.6 Å². The molecular formula is C28H27F3N4OS. The van der Waals surface area contributed by atoms with Crippen molar-refractivity contribution in [1.82, 2.24) is 10.3 Å². The molecule has 5 nitrogen and oxygen atoms in total. The quantitative estimate of drug-likeness (QED) is 0.321. The van der Waals surface area contributed by atoms with Crippen LogP contribution in [0.25, 0.3) is 17.0 Å². The van der Waals surface area contributed by atoms with Crippen molar-refractivity contribution < 1.29 is 17.9 Å². The first-order valence-corrected chi connectivity index (χ1v) is 13.2. The number of hydrogen-bond donors (Lipinski definition) is 3. The third-order valence-corrected chi connectivity index (χ3v) is 8.25. The Balaban J connectivity index is 1.31. The van der Waals surface area contributed by atoms with Crippen LogP contribution in [0.2, 0.25) is 0 Å². The topological polar surface area (TPSA) is 72.2 Å². The van der Waals surface area contributed by atoms with E-state index < -0.39 is 17.5 Å². The Labute approximate surface area is 217 Å². The van der Waals surface area contributed by atoms with Crippen molar-refractivity contribution in [3.63, 3.8) is 0 Å². The summed E-state index contributed by atoms with van der Waals surface area (Å²) >= 11 is 1.57. The molecule has 0 radical (unpaired) electrons. The summed E-state index contributed by atoms with van der Waals surface area (Å²) in [4.78, 5) is 5.88. The monoisotopic (exact) mass is 524 g/mol. The van der Waals surface area contributed by atoms with Crippen LogP contribution in [0.3, 0.4) is 0 Å². The number of fused-ring (bicyclic) bond motifs is 2. The number of ether oxygens (including phenoxy) is 1. The number of nitrogens with one attached hydrogen (secondary N) is 2. The zero-order chi connectivity index (χ0) is 25.8. The maximum Gasteiger partial charge on any atom is 0.161 e. The minimum absolute atomic E-state index is 0.0425. The highest BCUT2D eigenvalue weighted by Crippen LogP contribution is 2.47. The van der Waals surface area contributed by atoms with Gasteiger partial charge in [-0.2, -0.15) is 0 Å². The smallest absolute Gasteiger partial charge is 0.161 e. The number of halogens is 3. The summed E-state index contributed by atoms with van der Waals surface area (Å²) in [5.74, 6) is -2.24. The SMILES string of the molecule is C=C(NCC(c1cc2c(c(-c3cc(F)c(F)cc3F)n1)OCC2C)C1CC1)c1ccc2c(c1)SC(N)N2. The van der Waals surface area contributed by atoms with E-state index in [2.05, 4.69) is 23.3 Å². The number of aromatic nitrogens is 1. The third-order valence-electron chi connectivity index (χ3n) is 7.28. The average molecular weight is 525 g/mol. The molecule has 1 aromatic heterocycles. The molecule has 3 atom stereocenters. The second kappa shape index (κ2) is 9.29. The molecular weight excluding hydrogens is 497 g/mol. The molecule has 1 aliphatic carbocycles. The minimum Gasteiger partial charge on any atom is -0.490 e. The fourth-order valence-electron chi connectivity index (χ4n) is 5.06. The Hall–Kier alpha value is -3.17. The molecule has 3 unspecified atom stereocenters. The minimum atomic E-state index is -1.23. The molecule has 192 valence electrons. The largest absolute Gasteiger partial charge is 0.490 e. The van der Waals surface area contributed by atoms with Crippen molar-refractivity contribution >= 4 is 23.1 Å². The zero-order valence-corrected chi connectivity index (χ0v) is 21.1. The lowest BCUT2D eigenvalue weighted by Crippen LogP contribution is -2.22. The van der Waals surface area contributed by atoms with E-state index in [0.29, 0.717) is 30.9 Å². The molecule has 6 rings (SSSR count). The number of nitrogens with two attached hydrogens (primary N) is 1. The molecule has 2 aliphatic heterocycles. The summed E-state index contributed by atoms with van der Waals surface area (Å²) in [6.45, 7) is 7.28. The number of thioether (sulfide) groups is 1. The summed E-state index contributed by atoms with van der Waals surface area (Å²) in [5, 5.41) is 6.69. The number of hydrogen-bond acceptors (Lipinski definition) is 6. The van der Waals surface area contributed by atoms with Gasteiger partial charge in [-0.15, -0.1) is 0 Å². The highest BCUT2D eigenvalue weighted by atomic mass is 32.2. The fraction of sp³-hybridized carbons (Fsp3) is 0.321. The van der Waals surface area contributed by atoms with Crippen LogP contribution in [-0.4, -0.2) is 23.6 Å². The Morgan fingerprint density at radius 3 is 2.76 bits per heavy atom. The van der Waals surface area contributed by atoms with Crippen LogP contribution in [0.15, 0.2) is 47.9 Å². The van der Waals surface area contributed by atoms with Crippen molar-refractivity contribution in [3.8, 4) is 17.0 Å². The van der Waals surface area contributed by atoms with Crippen LogP contribution in [0.5, 0.6) is 5.75 Å². The standard InChI is InChI=1S/C28H27F3N4OS/c1-13-12-36-27-17(13)9-24(34-26(27)18-8-21(30)22(31)10-20(18)29)19(15-3-4-15)11-33-14(2)16-5-6-23-25(7-16)37-28(32)35-23/h5-10,13,15,19,28,33,35H,2-4,11-12,32H2,1H3. The normalized spacial score (nSPS) is 20.6. The van der Waals surface area contributed by atoms with Crippen molar-refractivity contribution in [2.75, 3.05) is 18.5 Å². The molecule has 9 heteroatoms. The van der Waals surface area contributed by atoms with Crippen LogP contribution in [0.1, 0.15) is 48.4 Å². The van der Waals surface area contributed by atoms with Gasteiger partial charge in [-0.25, -0.2) is 18.2 Å². The number of nitrogens with zero attached hydrogens (tertiary/aromatic N) is 1. The molecule has 1 saturated carbocycles. The second-order valence-electron chi connectivity index (χ2n) is 9.97. The van der Waals surface area contributed by atoms with Crippen molar-refractivity contribution in [1.29, 1.82) is 0 Å². The van der Waals surface area contributed by atoms with Gasteiger partial charge in [0.2, 0.25) is 0 Å². The number of benzene rings is 2. The molecule has 2 aromatic carbocycles. The highest BCUT2D eigenvalue weighted by Gasteiger charge is 2.36. The predicted octanol–water partition coefficient (Wildman–Crippen LogP) is 6.18. The van der Waals surface area contributed by atoms with Crippen molar-refractivity contribution in [2.45, 2.75) is 42.0 Å². The van der Waals surface area contributed by atoms with E-state index >= 15 is 0 Å². The van der Waals surface area contributed by atoms with Crippen LogP contribution < -0.4 is 21.1 Å². The molecule has 4 N–H and O–H groups in total. The average Bonchev–Trinajstić information content (AvgIpc) is 3.53. The lowest BCUT2D eigenvalue weighted by molar-refractivity contribution is 0.337. The molecule has 0 spiro atoms. The first-order valence-electron chi connectivity index (χ1n) is 12.4. The second-order valence-corrected chi connectivity index (χ2v) is 11.2. The third kappa shape index (κ3) is 4.55. The summed E-state index contributed by atoms with van der Waals surface area (Å²) < 4.78 is 48.4. The maximum absolute atomic E-state index is 14.8. The number of anilines is 1. The molecule has 3 aliphatic rings. The summed E-state index contributed by atoms with van der Waals surface area (Å²) in [7, 11) is 0. The summed E-state index contributed by atoms with van der Waals surface area (Å²) in [5.41, 5.74) is 10.4. The van der Waals surface area contributed by atoms with E-state index in [-0.39, 0.29) is 28.6 Å². The Morgan fingerprint density at radius 2 is 1.97 bits per heavy atom. The number of rotatable bonds is 7. The Kier molecular flexibility index (Phi) is 6.07. The Morgan fingerprint density at radius 1 is 1.19 bits per heavy atom. The van der Waals surface area contributed by atoms with Crippen LogP contribution >= 0.6 is 11.8 Å². The van der Waals surface area contributed by atoms with E-state index in [1.807, 2.05) is 25.1 Å². The molecule has 1 fully saturated rings. The van der Waals surface area contributed by atoms with Gasteiger partial charge in [0, 0.05) is 57.5 Å². The molecule has 0 saturated heterocycles. The highest BCUT2D eigenvalue weighted by molar-refractivity contribution is 8.00. The van der Waals surface area contributed by atoms with Gasteiger partial charge in [0.1, 0.15) is 22.8 Å². The van der Waals surface area contributed by atoms with Crippen LogP contribution in [0, 0.1) is 23.4 Å². The van der Waals surface area contributed by atoms with Gasteiger partial charge < -0.3 is 21.1 Å². The van der Waals surface area contributed by atoms with Gasteiger partial charge in [-0.3, -0.25) is 0 Å². The van der Waals surface area contributed by atoms with Gasteiger partial charge >= 0.3 is 0 Å². The molecule has 37 heavy (non-hydrogen) atoms. The van der Waals surface area contributed by atoms with E-state index in [1.165, 1.54) is 0 Å². The van der Waals surface area contributed by atoms with Gasteiger partial charge in [0.05, 0.1) is 6.61 Å². The first-order chi connectivity index (χ1) is 17.8. The maximum atomic E-state index is 14.8. The molecule has 0 bridgehead atoms. The van der Waals surface area contributed by atoms with Crippen molar-refractivity contribution in [3.05, 3.63) is 77.2 Å². The van der Waals surface area contributed by atoms with Crippen molar-refractivity contribution in [2.24, 2.45) is 11.7 Å². The van der Waals surface area contributed by atoms with Gasteiger partial charge in [-0.1, -0.05) is 31.3 Å². The van der Waals surface area contributed by atoms with Gasteiger partial charge in [-0.05, 0) is 48.6 Å². The van der Waals surface area contributed by atoms with E-state index in [9.17, 15) is 13.2 Å². The predicted molar refractivity (Wildman–Crippen MR) is 140 cm³/mol. The van der Waals surface area contributed by atoms with Gasteiger partial charge in [0.25, 0.3) is 0 Å². The lowest BCUT2D eigenvalue weighted by Gasteiger charge is -2.21. The molecule has 0 amide bonds. The molecule has 3 heterocycles. The fourth-order valence-corrected chi connectivity index (χ4v) is 5.97. The number of pyridine rings is 1. The van der Waals surface area contributed by atoms with E-state index in [1.54, 1.807) is 11.8 Å². The summed E-state index contributed by atoms with van der Waals surface area (Å²) in [6.07, 6.45) is 2.13. The summed E-state index contributed by atoms with van der Waals surface area (Å²) in [6, 6.07) is 9.52. The molecule has 3 aromatic rings. The first kappa shape index (κ1) is 24.2. The Bertz CT molecular complexity index is 1410. The van der Waals surface area contributed by atoms with Crippen LogP contribution in [-0.2, 0) is 0 Å². The van der Waals surface area contributed by atoms with E-state index in [0.717, 1.165) is 52.0 Å². The van der Waals surface area contributed by atoms with E-state index in [4.69, 9.17) is 15.5 Å². The zero-order valence-electron chi connectivity index (χ0n) is 20.3. The van der Waals surface area contributed by atoms with Crippen LogP contribution in [0.4, 0.5) is 18.9 Å².